The van der Waals surface area contributed by atoms with Crippen molar-refractivity contribution < 1.29 is 9.90 Å². The van der Waals surface area contributed by atoms with Crippen LogP contribution in [0.2, 0.25) is 0 Å². The lowest BCUT2D eigenvalue weighted by Gasteiger charge is -2.32. The van der Waals surface area contributed by atoms with Crippen molar-refractivity contribution >= 4 is 5.97 Å². The molecule has 1 saturated heterocycles. The van der Waals surface area contributed by atoms with E-state index in [0.717, 1.165) is 26.2 Å². The number of rotatable bonds is 4. The van der Waals surface area contributed by atoms with Crippen LogP contribution in [0.5, 0.6) is 0 Å². The van der Waals surface area contributed by atoms with Gasteiger partial charge in [0, 0.05) is 38.8 Å². The van der Waals surface area contributed by atoms with Gasteiger partial charge in [-0.1, -0.05) is 0 Å². The zero-order chi connectivity index (χ0) is 9.68. The summed E-state index contributed by atoms with van der Waals surface area (Å²) in [5.74, 6) is -0.743. The van der Waals surface area contributed by atoms with Gasteiger partial charge in [0.05, 0.1) is 6.42 Å². The maximum Gasteiger partial charge on any atom is 0.304 e. The first-order chi connectivity index (χ1) is 6.22. The van der Waals surface area contributed by atoms with Crippen LogP contribution in [0, 0.1) is 0 Å². The predicted octanol–water partition coefficient (Wildman–Crippen LogP) is -1.31. The standard InChI is InChI=1S/C8H17N3O2/c9-1-3-11-4-2-10-7(6-11)5-8(12)13/h7,10H,1-6,9H2,(H,12,13). The van der Waals surface area contributed by atoms with E-state index in [4.69, 9.17) is 10.8 Å². The summed E-state index contributed by atoms with van der Waals surface area (Å²) in [4.78, 5) is 12.6. The largest absolute Gasteiger partial charge is 0.481 e. The number of nitrogens with two attached hydrogens (primary N) is 1. The van der Waals surface area contributed by atoms with Gasteiger partial charge in [0.15, 0.2) is 0 Å². The number of hydrogen-bond donors (Lipinski definition) is 3. The number of nitrogens with zero attached hydrogens (tertiary/aromatic N) is 1. The third kappa shape index (κ3) is 3.71. The summed E-state index contributed by atoms with van der Waals surface area (Å²) >= 11 is 0. The summed E-state index contributed by atoms with van der Waals surface area (Å²) in [6.45, 7) is 4.12. The lowest BCUT2D eigenvalue weighted by Crippen LogP contribution is -2.52. The molecule has 5 heteroatoms. The number of carboxylic acid groups (broad SMARTS) is 1. The minimum Gasteiger partial charge on any atom is -0.481 e. The highest BCUT2D eigenvalue weighted by atomic mass is 16.4. The molecule has 4 N–H and O–H groups in total. The van der Waals surface area contributed by atoms with E-state index in [-0.39, 0.29) is 12.5 Å². The Hall–Kier alpha value is -0.650. The second kappa shape index (κ2) is 5.16. The van der Waals surface area contributed by atoms with Gasteiger partial charge in [0.25, 0.3) is 0 Å². The molecule has 0 aromatic rings. The first-order valence-corrected chi connectivity index (χ1v) is 4.60. The number of hydrogen-bond acceptors (Lipinski definition) is 4. The van der Waals surface area contributed by atoms with Gasteiger partial charge in [-0.3, -0.25) is 9.69 Å². The van der Waals surface area contributed by atoms with Crippen LogP contribution in [0.4, 0.5) is 0 Å². The molecule has 1 rings (SSSR count). The lowest BCUT2D eigenvalue weighted by molar-refractivity contribution is -0.137. The molecular formula is C8H17N3O2. The smallest absolute Gasteiger partial charge is 0.304 e. The van der Waals surface area contributed by atoms with Crippen molar-refractivity contribution in [3.05, 3.63) is 0 Å². The molecule has 1 unspecified atom stereocenters. The third-order valence-corrected chi connectivity index (χ3v) is 2.21. The first kappa shape index (κ1) is 10.4. The fourth-order valence-electron chi connectivity index (χ4n) is 1.63. The summed E-state index contributed by atoms with van der Waals surface area (Å²) < 4.78 is 0. The van der Waals surface area contributed by atoms with Gasteiger partial charge < -0.3 is 16.2 Å². The minimum absolute atomic E-state index is 0.0813. The molecule has 0 aromatic heterocycles. The monoisotopic (exact) mass is 187 g/mol. The van der Waals surface area contributed by atoms with Gasteiger partial charge in [-0.25, -0.2) is 0 Å². The van der Waals surface area contributed by atoms with Crippen LogP contribution in [-0.2, 0) is 4.79 Å². The van der Waals surface area contributed by atoms with Crippen LogP contribution in [0.3, 0.4) is 0 Å². The molecule has 0 bridgehead atoms. The Morgan fingerprint density at radius 1 is 1.69 bits per heavy atom. The number of aliphatic carboxylic acids is 1. The molecule has 0 radical (unpaired) electrons. The predicted molar refractivity (Wildman–Crippen MR) is 49.5 cm³/mol. The second-order valence-electron chi connectivity index (χ2n) is 3.34. The summed E-state index contributed by atoms with van der Waals surface area (Å²) in [6, 6.07) is 0.0813. The van der Waals surface area contributed by atoms with Crippen molar-refractivity contribution in [3.63, 3.8) is 0 Å². The van der Waals surface area contributed by atoms with Gasteiger partial charge in [-0.2, -0.15) is 0 Å². The molecule has 0 saturated carbocycles. The molecule has 76 valence electrons. The third-order valence-electron chi connectivity index (χ3n) is 2.21. The van der Waals surface area contributed by atoms with Crippen molar-refractivity contribution in [2.75, 3.05) is 32.7 Å². The van der Waals surface area contributed by atoms with Crippen molar-refractivity contribution in [1.82, 2.24) is 10.2 Å². The Bertz CT molecular complexity index is 173. The fraction of sp³-hybridized carbons (Fsp3) is 0.875. The highest BCUT2D eigenvalue weighted by Crippen LogP contribution is 2.01. The molecule has 0 aromatic carbocycles. The molecule has 0 spiro atoms. The van der Waals surface area contributed by atoms with E-state index in [1.807, 2.05) is 0 Å². The van der Waals surface area contributed by atoms with Gasteiger partial charge in [-0.05, 0) is 0 Å². The number of carboxylic acids is 1. The summed E-state index contributed by atoms with van der Waals surface area (Å²) in [5, 5.41) is 11.8. The molecular weight excluding hydrogens is 170 g/mol. The van der Waals surface area contributed by atoms with E-state index < -0.39 is 5.97 Å². The number of nitrogens with one attached hydrogen (secondary N) is 1. The van der Waals surface area contributed by atoms with Crippen LogP contribution in [0.25, 0.3) is 0 Å². The Kier molecular flexibility index (Phi) is 4.14. The van der Waals surface area contributed by atoms with Gasteiger partial charge >= 0.3 is 5.97 Å². The van der Waals surface area contributed by atoms with Crippen molar-refractivity contribution in [2.24, 2.45) is 5.73 Å². The Morgan fingerprint density at radius 3 is 3.08 bits per heavy atom. The maximum absolute atomic E-state index is 10.4. The van der Waals surface area contributed by atoms with Crippen molar-refractivity contribution in [2.45, 2.75) is 12.5 Å². The normalized spacial score (nSPS) is 24.5. The average molecular weight is 187 g/mol. The van der Waals surface area contributed by atoms with Crippen LogP contribution >= 0.6 is 0 Å². The topological polar surface area (TPSA) is 78.6 Å². The lowest BCUT2D eigenvalue weighted by atomic mass is 10.1. The maximum atomic E-state index is 10.4. The first-order valence-electron chi connectivity index (χ1n) is 4.60. The highest BCUT2D eigenvalue weighted by Gasteiger charge is 2.20. The zero-order valence-corrected chi connectivity index (χ0v) is 7.70. The zero-order valence-electron chi connectivity index (χ0n) is 7.70. The van der Waals surface area contributed by atoms with E-state index in [1.165, 1.54) is 0 Å². The molecule has 1 aliphatic heterocycles. The van der Waals surface area contributed by atoms with E-state index in [2.05, 4.69) is 10.2 Å². The fourth-order valence-corrected chi connectivity index (χ4v) is 1.63. The summed E-state index contributed by atoms with van der Waals surface area (Å²) in [7, 11) is 0. The molecule has 1 heterocycles. The SMILES string of the molecule is NCCN1CCNC(CC(=O)O)C1. The van der Waals surface area contributed by atoms with Gasteiger partial charge in [-0.15, -0.1) is 0 Å². The quantitative estimate of drug-likeness (QED) is 0.509. The molecule has 0 aliphatic carbocycles. The summed E-state index contributed by atoms with van der Waals surface area (Å²) in [6.07, 6.45) is 0.196. The molecule has 1 fully saturated rings. The van der Waals surface area contributed by atoms with Crippen LogP contribution in [-0.4, -0.2) is 54.7 Å². The average Bonchev–Trinajstić information content (AvgIpc) is 2.04. The number of carbonyl (C=O) groups is 1. The Balaban J connectivity index is 2.28. The molecule has 0 amide bonds. The Labute approximate surface area is 77.9 Å². The van der Waals surface area contributed by atoms with E-state index in [1.54, 1.807) is 0 Å². The highest BCUT2D eigenvalue weighted by molar-refractivity contribution is 5.67. The van der Waals surface area contributed by atoms with E-state index >= 15 is 0 Å². The summed E-state index contributed by atoms with van der Waals surface area (Å²) in [5.41, 5.74) is 5.43. The van der Waals surface area contributed by atoms with Crippen molar-refractivity contribution in [3.8, 4) is 0 Å². The molecule has 1 atom stereocenters. The van der Waals surface area contributed by atoms with E-state index in [9.17, 15) is 4.79 Å². The van der Waals surface area contributed by atoms with Crippen molar-refractivity contribution in [1.29, 1.82) is 0 Å². The van der Waals surface area contributed by atoms with Crippen LogP contribution in [0.1, 0.15) is 6.42 Å². The number of piperazine rings is 1. The minimum atomic E-state index is -0.743. The second-order valence-corrected chi connectivity index (χ2v) is 3.34. The van der Waals surface area contributed by atoms with Crippen LogP contribution < -0.4 is 11.1 Å². The Morgan fingerprint density at radius 2 is 2.46 bits per heavy atom. The molecule has 5 nitrogen and oxygen atoms in total. The molecule has 1 aliphatic rings. The van der Waals surface area contributed by atoms with Gasteiger partial charge in [0.2, 0.25) is 0 Å². The van der Waals surface area contributed by atoms with Crippen LogP contribution in [0.15, 0.2) is 0 Å². The van der Waals surface area contributed by atoms with E-state index in [0.29, 0.717) is 6.54 Å². The van der Waals surface area contributed by atoms with Gasteiger partial charge in [0.1, 0.15) is 0 Å². The molecule has 13 heavy (non-hydrogen) atoms.